The summed E-state index contributed by atoms with van der Waals surface area (Å²) in [6.07, 6.45) is 0.623. The first-order valence-corrected chi connectivity index (χ1v) is 4.25. The Kier molecular flexibility index (Phi) is 1.88. The lowest BCUT2D eigenvalue weighted by molar-refractivity contribution is 0.0696. The van der Waals surface area contributed by atoms with E-state index in [-0.39, 0.29) is 10.6 Å². The third-order valence-corrected chi connectivity index (χ3v) is 2.36. The van der Waals surface area contributed by atoms with Crippen molar-refractivity contribution in [3.8, 4) is 5.75 Å². The summed E-state index contributed by atoms with van der Waals surface area (Å²) in [6.45, 7) is 0.538. The van der Waals surface area contributed by atoms with Gasteiger partial charge in [0.25, 0.3) is 0 Å². The Morgan fingerprint density at radius 1 is 1.54 bits per heavy atom. The molecule has 1 aliphatic heterocycles. The average molecular weight is 199 g/mol. The summed E-state index contributed by atoms with van der Waals surface area (Å²) in [5, 5.41) is 9.16. The third kappa shape index (κ3) is 1.25. The molecule has 0 bridgehead atoms. The number of ether oxygens (including phenoxy) is 1. The molecule has 0 saturated heterocycles. The monoisotopic (exact) mass is 198 g/mol. The molecule has 1 aromatic carbocycles. The van der Waals surface area contributed by atoms with Crippen molar-refractivity contribution in [1.29, 1.82) is 0 Å². The minimum atomic E-state index is -0.993. The molecule has 0 fully saturated rings. The van der Waals surface area contributed by atoms with E-state index < -0.39 is 5.97 Å². The number of carboxylic acid groups (broad SMARTS) is 1. The summed E-state index contributed by atoms with van der Waals surface area (Å²) in [5.41, 5.74) is 0.886. The molecule has 0 aliphatic carbocycles. The molecule has 2 rings (SSSR count). The number of aromatic carboxylic acids is 1. The topological polar surface area (TPSA) is 46.5 Å². The highest BCUT2D eigenvalue weighted by Crippen LogP contribution is 2.32. The van der Waals surface area contributed by atoms with E-state index in [2.05, 4.69) is 0 Å². The molecule has 4 heteroatoms. The summed E-state index contributed by atoms with van der Waals surface area (Å²) in [6, 6.07) is 3.26. The highest BCUT2D eigenvalue weighted by atomic mass is 35.5. The van der Waals surface area contributed by atoms with E-state index >= 15 is 0 Å². The molecular weight excluding hydrogens is 192 g/mol. The smallest absolute Gasteiger partial charge is 0.337 e. The number of benzene rings is 1. The van der Waals surface area contributed by atoms with Crippen LogP contribution in [0, 0.1) is 0 Å². The van der Waals surface area contributed by atoms with Crippen LogP contribution < -0.4 is 4.74 Å². The number of rotatable bonds is 1. The maximum Gasteiger partial charge on any atom is 0.337 e. The van der Waals surface area contributed by atoms with Crippen molar-refractivity contribution in [2.75, 3.05) is 6.61 Å². The Morgan fingerprint density at radius 2 is 2.31 bits per heavy atom. The molecule has 3 nitrogen and oxygen atoms in total. The van der Waals surface area contributed by atoms with Crippen LogP contribution in [0.2, 0.25) is 5.02 Å². The zero-order valence-corrected chi connectivity index (χ0v) is 7.47. The first-order chi connectivity index (χ1) is 6.20. The van der Waals surface area contributed by atoms with Crippen LogP contribution >= 0.6 is 11.6 Å². The molecule has 68 valence electrons. The van der Waals surface area contributed by atoms with Crippen LogP contribution in [-0.2, 0) is 6.42 Å². The zero-order chi connectivity index (χ0) is 9.42. The summed E-state index contributed by atoms with van der Waals surface area (Å²) in [4.78, 5) is 10.8. The summed E-state index contributed by atoms with van der Waals surface area (Å²) >= 11 is 5.77. The van der Waals surface area contributed by atoms with Crippen LogP contribution in [0.4, 0.5) is 0 Å². The van der Waals surface area contributed by atoms with E-state index in [9.17, 15) is 4.79 Å². The molecule has 1 aromatic rings. The summed E-state index contributed by atoms with van der Waals surface area (Å²) in [7, 11) is 0. The molecule has 0 aromatic heterocycles. The van der Waals surface area contributed by atoms with Crippen molar-refractivity contribution >= 4 is 17.6 Å². The van der Waals surface area contributed by atoms with Gasteiger partial charge in [0.2, 0.25) is 0 Å². The third-order valence-electron chi connectivity index (χ3n) is 2.04. The number of fused-ring (bicyclic) bond motifs is 1. The standard InChI is InChI=1S/C9H7ClO3/c10-6-1-2-7-5(3-4-13-7)8(6)9(11)12/h1-2H,3-4H2,(H,11,12). The van der Waals surface area contributed by atoms with Gasteiger partial charge < -0.3 is 9.84 Å². The van der Waals surface area contributed by atoms with Crippen molar-refractivity contribution in [2.45, 2.75) is 6.42 Å². The minimum Gasteiger partial charge on any atom is -0.493 e. The van der Waals surface area contributed by atoms with Crippen LogP contribution in [0.5, 0.6) is 5.75 Å². The van der Waals surface area contributed by atoms with Gasteiger partial charge in [0, 0.05) is 12.0 Å². The number of carbonyl (C=O) groups is 1. The highest BCUT2D eigenvalue weighted by molar-refractivity contribution is 6.33. The van der Waals surface area contributed by atoms with E-state index in [4.69, 9.17) is 21.4 Å². The number of hydrogen-bond acceptors (Lipinski definition) is 2. The largest absolute Gasteiger partial charge is 0.493 e. The SMILES string of the molecule is O=C(O)c1c(Cl)ccc2c1CCO2. The Morgan fingerprint density at radius 3 is 3.00 bits per heavy atom. The van der Waals surface area contributed by atoms with Crippen LogP contribution in [0.3, 0.4) is 0 Å². The van der Waals surface area contributed by atoms with E-state index in [0.717, 1.165) is 0 Å². The molecule has 0 saturated carbocycles. The Hall–Kier alpha value is -1.22. The Bertz CT molecular complexity index is 373. The van der Waals surface area contributed by atoms with Gasteiger partial charge in [0.15, 0.2) is 0 Å². The molecular formula is C9H7ClO3. The second-order valence-corrected chi connectivity index (χ2v) is 3.21. The fourth-order valence-corrected chi connectivity index (χ4v) is 1.74. The lowest BCUT2D eigenvalue weighted by atomic mass is 10.1. The molecule has 0 atom stereocenters. The fourth-order valence-electron chi connectivity index (χ4n) is 1.48. The van der Waals surface area contributed by atoms with Gasteiger partial charge in [-0.2, -0.15) is 0 Å². The van der Waals surface area contributed by atoms with Crippen molar-refractivity contribution in [3.63, 3.8) is 0 Å². The van der Waals surface area contributed by atoms with Crippen molar-refractivity contribution in [1.82, 2.24) is 0 Å². The van der Waals surface area contributed by atoms with Crippen LogP contribution in [0.15, 0.2) is 12.1 Å². The lowest BCUT2D eigenvalue weighted by Gasteiger charge is -2.04. The number of carboxylic acids is 1. The van der Waals surface area contributed by atoms with Gasteiger partial charge in [-0.1, -0.05) is 11.6 Å². The molecule has 1 N–H and O–H groups in total. The van der Waals surface area contributed by atoms with Crippen molar-refractivity contribution in [2.24, 2.45) is 0 Å². The van der Waals surface area contributed by atoms with E-state index in [1.165, 1.54) is 0 Å². The fraction of sp³-hybridized carbons (Fsp3) is 0.222. The molecule has 0 amide bonds. The molecule has 1 heterocycles. The second-order valence-electron chi connectivity index (χ2n) is 2.80. The molecule has 0 spiro atoms. The van der Waals surface area contributed by atoms with E-state index in [0.29, 0.717) is 24.3 Å². The zero-order valence-electron chi connectivity index (χ0n) is 6.71. The van der Waals surface area contributed by atoms with Gasteiger partial charge in [0.05, 0.1) is 17.2 Å². The molecule has 13 heavy (non-hydrogen) atoms. The number of hydrogen-bond donors (Lipinski definition) is 1. The van der Waals surface area contributed by atoms with Crippen LogP contribution in [0.25, 0.3) is 0 Å². The molecule has 0 radical (unpaired) electrons. The Balaban J connectivity index is 2.65. The highest BCUT2D eigenvalue weighted by Gasteiger charge is 2.22. The lowest BCUT2D eigenvalue weighted by Crippen LogP contribution is -2.01. The first kappa shape index (κ1) is 8.38. The second kappa shape index (κ2) is 2.92. The normalized spacial score (nSPS) is 13.6. The van der Waals surface area contributed by atoms with Gasteiger partial charge in [-0.15, -0.1) is 0 Å². The summed E-state index contributed by atoms with van der Waals surface area (Å²) < 4.78 is 5.22. The first-order valence-electron chi connectivity index (χ1n) is 3.87. The predicted octanol–water partition coefficient (Wildman–Crippen LogP) is 1.97. The van der Waals surface area contributed by atoms with Gasteiger partial charge in [-0.25, -0.2) is 4.79 Å². The minimum absolute atomic E-state index is 0.177. The van der Waals surface area contributed by atoms with Crippen LogP contribution in [0.1, 0.15) is 15.9 Å². The van der Waals surface area contributed by atoms with Crippen molar-refractivity contribution < 1.29 is 14.6 Å². The van der Waals surface area contributed by atoms with E-state index in [1.807, 2.05) is 0 Å². The predicted molar refractivity (Wildman–Crippen MR) is 47.6 cm³/mol. The average Bonchev–Trinajstić information content (AvgIpc) is 2.50. The quantitative estimate of drug-likeness (QED) is 0.751. The van der Waals surface area contributed by atoms with Gasteiger partial charge >= 0.3 is 5.97 Å². The van der Waals surface area contributed by atoms with Gasteiger partial charge in [-0.05, 0) is 12.1 Å². The van der Waals surface area contributed by atoms with Crippen LogP contribution in [-0.4, -0.2) is 17.7 Å². The molecule has 0 unspecified atom stereocenters. The molecule has 1 aliphatic rings. The summed E-state index contributed by atoms with van der Waals surface area (Å²) in [5.74, 6) is -0.353. The maximum atomic E-state index is 10.8. The number of halogens is 1. The Labute approximate surface area is 79.9 Å². The van der Waals surface area contributed by atoms with Crippen molar-refractivity contribution in [3.05, 3.63) is 28.3 Å². The maximum absolute atomic E-state index is 10.8. The van der Waals surface area contributed by atoms with Gasteiger partial charge in [0.1, 0.15) is 5.75 Å². The van der Waals surface area contributed by atoms with Gasteiger partial charge in [-0.3, -0.25) is 0 Å². The van der Waals surface area contributed by atoms with E-state index in [1.54, 1.807) is 12.1 Å².